The van der Waals surface area contributed by atoms with E-state index in [1.165, 1.54) is 26.2 Å². The Morgan fingerprint density at radius 3 is 1.68 bits per heavy atom. The minimum absolute atomic E-state index is 0.0430. The summed E-state index contributed by atoms with van der Waals surface area (Å²) in [5.41, 5.74) is 0.447. The number of nitrogens with zero attached hydrogens (tertiary/aromatic N) is 2. The monoisotopic (exact) mass is 478 g/mol. The average molecular weight is 478 g/mol. The summed E-state index contributed by atoms with van der Waals surface area (Å²) in [6.07, 6.45) is 2.52. The van der Waals surface area contributed by atoms with E-state index in [1.807, 2.05) is 0 Å². The second-order valence-electron chi connectivity index (χ2n) is 6.08. The van der Waals surface area contributed by atoms with E-state index in [1.54, 1.807) is 0 Å². The molecule has 0 saturated carbocycles. The molecule has 13 nitrogen and oxygen atoms in total. The van der Waals surface area contributed by atoms with Crippen molar-refractivity contribution in [3.63, 3.8) is 0 Å². The molecule has 0 spiro atoms. The standard InChI is InChI=1S/C8H10NO6P.C8H10NO5P/c1-5-8(11)7(3-10)6(2-9-5)4-15-16(12,13)14;1-5-8(11)7(3-10)6(2-9-5)4-15(12,13)14/h2-3,11H,4H2,1H3,(H2,12,13,14);2-3,11H,4H2,1H3,(H2,12,13,14). The summed E-state index contributed by atoms with van der Waals surface area (Å²) in [5.74, 6) is -0.655. The molecule has 2 aromatic heterocycles. The van der Waals surface area contributed by atoms with Crippen molar-refractivity contribution in [2.45, 2.75) is 26.6 Å². The van der Waals surface area contributed by atoms with Gasteiger partial charge in [0.05, 0.1) is 35.3 Å². The number of aldehydes is 2. The molecule has 0 unspecified atom stereocenters. The summed E-state index contributed by atoms with van der Waals surface area (Å²) in [6.45, 7) is 2.48. The van der Waals surface area contributed by atoms with Crippen molar-refractivity contribution in [1.82, 2.24) is 9.97 Å². The Morgan fingerprint density at radius 2 is 1.29 bits per heavy atom. The molecule has 0 amide bonds. The molecular formula is C16H20N2O11P2. The summed E-state index contributed by atoms with van der Waals surface area (Å²) in [7, 11) is -8.89. The highest BCUT2D eigenvalue weighted by Crippen LogP contribution is 2.41. The van der Waals surface area contributed by atoms with Crippen LogP contribution < -0.4 is 0 Å². The van der Waals surface area contributed by atoms with E-state index in [0.29, 0.717) is 12.6 Å². The van der Waals surface area contributed by atoms with Crippen LogP contribution in [-0.4, -0.2) is 52.3 Å². The number of phosphoric acid groups is 1. The van der Waals surface area contributed by atoms with Crippen molar-refractivity contribution in [3.8, 4) is 11.5 Å². The Balaban J connectivity index is 0.000000311. The van der Waals surface area contributed by atoms with Crippen LogP contribution in [0.15, 0.2) is 12.4 Å². The Hall–Kier alpha value is -2.50. The third kappa shape index (κ3) is 8.27. The lowest BCUT2D eigenvalue weighted by atomic mass is 10.1. The zero-order valence-corrected chi connectivity index (χ0v) is 18.0. The van der Waals surface area contributed by atoms with E-state index >= 15 is 0 Å². The first kappa shape index (κ1) is 26.5. The van der Waals surface area contributed by atoms with Crippen LogP contribution in [0.1, 0.15) is 43.2 Å². The SMILES string of the molecule is Cc1ncc(COP(=O)(O)O)c(C=O)c1O.Cc1ncc(CP(=O)(O)O)c(C=O)c1O. The Morgan fingerprint density at radius 1 is 0.871 bits per heavy atom. The van der Waals surface area contributed by atoms with Crippen LogP contribution in [0.2, 0.25) is 0 Å². The molecule has 2 heterocycles. The highest BCUT2D eigenvalue weighted by Gasteiger charge is 2.20. The van der Waals surface area contributed by atoms with Crippen molar-refractivity contribution < 1.29 is 53.0 Å². The fourth-order valence-electron chi connectivity index (χ4n) is 2.18. The molecule has 31 heavy (non-hydrogen) atoms. The molecule has 0 saturated heterocycles. The van der Waals surface area contributed by atoms with Crippen molar-refractivity contribution >= 4 is 28.0 Å². The second-order valence-corrected chi connectivity index (χ2v) is 8.97. The zero-order chi connectivity index (χ0) is 24.0. The van der Waals surface area contributed by atoms with Crippen LogP contribution in [0.3, 0.4) is 0 Å². The summed E-state index contributed by atoms with van der Waals surface area (Å²) >= 11 is 0. The maximum Gasteiger partial charge on any atom is 0.469 e. The number of pyridine rings is 2. The predicted molar refractivity (Wildman–Crippen MR) is 105 cm³/mol. The maximum atomic E-state index is 10.7. The summed E-state index contributed by atoms with van der Waals surface area (Å²) in [5, 5.41) is 18.9. The number of aromatic nitrogens is 2. The number of carbonyl (C=O) groups is 2. The molecule has 0 aliphatic carbocycles. The summed E-state index contributed by atoms with van der Waals surface area (Å²) < 4.78 is 25.4. The van der Waals surface area contributed by atoms with Gasteiger partial charge in [-0.05, 0) is 19.4 Å². The Bertz CT molecular complexity index is 1060. The third-order valence-corrected chi connectivity index (χ3v) is 4.93. The first-order valence-electron chi connectivity index (χ1n) is 8.20. The topological polar surface area (TPSA) is 225 Å². The van der Waals surface area contributed by atoms with Gasteiger partial charge in [-0.1, -0.05) is 0 Å². The largest absolute Gasteiger partial charge is 0.505 e. The number of aryl methyl sites for hydroxylation is 2. The minimum atomic E-state index is -4.61. The zero-order valence-electron chi connectivity index (χ0n) is 16.2. The molecule has 170 valence electrons. The van der Waals surface area contributed by atoms with Gasteiger partial charge in [0.25, 0.3) is 0 Å². The van der Waals surface area contributed by atoms with Crippen molar-refractivity contribution in [2.75, 3.05) is 0 Å². The summed E-state index contributed by atoms with van der Waals surface area (Å²) in [4.78, 5) is 63.2. The first-order chi connectivity index (χ1) is 14.2. The van der Waals surface area contributed by atoms with Crippen LogP contribution in [0, 0.1) is 13.8 Å². The molecular weight excluding hydrogens is 458 g/mol. The Kier molecular flexibility index (Phi) is 9.15. The van der Waals surface area contributed by atoms with Gasteiger partial charge in [-0.2, -0.15) is 0 Å². The number of carbonyl (C=O) groups excluding carboxylic acids is 2. The van der Waals surface area contributed by atoms with E-state index < -0.39 is 28.2 Å². The van der Waals surface area contributed by atoms with E-state index in [0.717, 1.165) is 0 Å². The molecule has 0 fully saturated rings. The molecule has 0 aromatic carbocycles. The molecule has 0 radical (unpaired) electrons. The van der Waals surface area contributed by atoms with E-state index in [9.17, 15) is 28.9 Å². The van der Waals surface area contributed by atoms with Crippen molar-refractivity contribution in [3.05, 3.63) is 46.0 Å². The number of aromatic hydroxyl groups is 2. The third-order valence-electron chi connectivity index (χ3n) is 3.72. The van der Waals surface area contributed by atoms with Gasteiger partial charge in [0.15, 0.2) is 12.6 Å². The number of hydrogen-bond acceptors (Lipinski definition) is 9. The molecule has 2 aromatic rings. The highest BCUT2D eigenvalue weighted by atomic mass is 31.2. The molecule has 0 aliphatic heterocycles. The number of phosphoric ester groups is 1. The molecule has 0 bridgehead atoms. The molecule has 0 atom stereocenters. The van der Waals surface area contributed by atoms with E-state index in [2.05, 4.69) is 14.5 Å². The van der Waals surface area contributed by atoms with Gasteiger partial charge in [-0.15, -0.1) is 0 Å². The van der Waals surface area contributed by atoms with Gasteiger partial charge in [0.1, 0.15) is 11.5 Å². The van der Waals surface area contributed by atoms with Gasteiger partial charge in [0, 0.05) is 18.0 Å². The predicted octanol–water partition coefficient (Wildman–Crippen LogP) is 1.10. The molecule has 0 aliphatic rings. The van der Waals surface area contributed by atoms with Crippen LogP contribution in [0.25, 0.3) is 0 Å². The Labute approximate surface area is 175 Å². The fraction of sp³-hybridized carbons (Fsp3) is 0.250. The maximum absolute atomic E-state index is 10.7. The smallest absolute Gasteiger partial charge is 0.469 e. The van der Waals surface area contributed by atoms with Crippen LogP contribution in [0.5, 0.6) is 11.5 Å². The summed E-state index contributed by atoms with van der Waals surface area (Å²) in [6, 6.07) is 0. The molecule has 15 heteroatoms. The van der Waals surface area contributed by atoms with Gasteiger partial charge in [0.2, 0.25) is 0 Å². The minimum Gasteiger partial charge on any atom is -0.505 e. The number of hydrogen-bond donors (Lipinski definition) is 6. The van der Waals surface area contributed by atoms with Gasteiger partial charge < -0.3 is 29.8 Å². The van der Waals surface area contributed by atoms with Crippen molar-refractivity contribution in [2.24, 2.45) is 0 Å². The van der Waals surface area contributed by atoms with Crippen molar-refractivity contribution in [1.29, 1.82) is 0 Å². The first-order valence-corrected chi connectivity index (χ1v) is 11.5. The van der Waals surface area contributed by atoms with E-state index in [4.69, 9.17) is 19.6 Å². The normalized spacial score (nSPS) is 11.4. The quantitative estimate of drug-likeness (QED) is 0.242. The molecule has 2 rings (SSSR count). The fourth-order valence-corrected chi connectivity index (χ4v) is 3.19. The van der Waals surface area contributed by atoms with Gasteiger partial charge in [-0.25, -0.2) is 4.57 Å². The lowest BCUT2D eigenvalue weighted by molar-refractivity contribution is 0.111. The lowest BCUT2D eigenvalue weighted by Crippen LogP contribution is -1.99. The van der Waals surface area contributed by atoms with E-state index in [-0.39, 0.29) is 45.1 Å². The van der Waals surface area contributed by atoms with Crippen LogP contribution in [-0.2, 0) is 26.4 Å². The second kappa shape index (κ2) is 10.7. The molecule has 6 N–H and O–H groups in total. The van der Waals surface area contributed by atoms with Crippen LogP contribution in [0.4, 0.5) is 0 Å². The highest BCUT2D eigenvalue weighted by molar-refractivity contribution is 7.50. The lowest BCUT2D eigenvalue weighted by Gasteiger charge is -2.09. The van der Waals surface area contributed by atoms with Gasteiger partial charge in [-0.3, -0.25) is 28.6 Å². The average Bonchev–Trinajstić information content (AvgIpc) is 2.65. The van der Waals surface area contributed by atoms with Crippen LogP contribution >= 0.6 is 15.4 Å². The number of rotatable bonds is 7. The van der Waals surface area contributed by atoms with Gasteiger partial charge >= 0.3 is 15.4 Å².